The van der Waals surface area contributed by atoms with Crippen molar-refractivity contribution < 1.29 is 23.1 Å². The third kappa shape index (κ3) is 4.52. The van der Waals surface area contributed by atoms with Gasteiger partial charge in [-0.05, 0) is 39.3 Å². The molecule has 2 bridgehead atoms. The molecule has 2 fully saturated rings. The van der Waals surface area contributed by atoms with E-state index in [1.165, 1.54) is 18.3 Å². The lowest BCUT2D eigenvalue weighted by atomic mass is 10.1. The molecule has 29 heavy (non-hydrogen) atoms. The highest BCUT2D eigenvalue weighted by Crippen LogP contribution is 2.36. The minimum absolute atomic E-state index is 0.0403. The monoisotopic (exact) mass is 407 g/mol. The van der Waals surface area contributed by atoms with Crippen molar-refractivity contribution in [3.63, 3.8) is 0 Å². The average molecular weight is 407 g/mol. The lowest BCUT2D eigenvalue weighted by molar-refractivity contribution is 0.0214. The number of anilines is 1. The molecule has 0 aliphatic carbocycles. The van der Waals surface area contributed by atoms with Crippen molar-refractivity contribution in [2.45, 2.75) is 44.9 Å². The fourth-order valence-electron chi connectivity index (χ4n) is 3.79. The number of benzene rings is 1. The van der Waals surface area contributed by atoms with Crippen molar-refractivity contribution in [2.24, 2.45) is 0 Å². The summed E-state index contributed by atoms with van der Waals surface area (Å²) in [6.07, 6.45) is 2.93. The first kappa shape index (κ1) is 21.1. The number of ether oxygens (including phenoxy) is 1. The summed E-state index contributed by atoms with van der Waals surface area (Å²) in [5.41, 5.74) is -0.759. The fourth-order valence-corrected chi connectivity index (χ4v) is 3.79. The van der Waals surface area contributed by atoms with Crippen molar-refractivity contribution in [3.8, 4) is 0 Å². The summed E-state index contributed by atoms with van der Waals surface area (Å²) in [4.78, 5) is 29.7. The molecule has 2 heterocycles. The first-order chi connectivity index (χ1) is 13.5. The number of halogens is 2. The number of allylic oxidation sites excluding steroid dienone is 1. The molecule has 0 aromatic heterocycles. The van der Waals surface area contributed by atoms with Crippen LogP contribution in [-0.2, 0) is 4.74 Å². The molecule has 0 unspecified atom stereocenters. The second kappa shape index (κ2) is 7.65. The number of fused-ring (bicyclic) bond motifs is 2. The van der Waals surface area contributed by atoms with Gasteiger partial charge in [0.1, 0.15) is 17.2 Å². The Bertz CT molecular complexity index is 825. The molecule has 158 valence electrons. The topological polar surface area (TPSA) is 53.1 Å². The lowest BCUT2D eigenvalue weighted by Gasteiger charge is -2.36. The summed E-state index contributed by atoms with van der Waals surface area (Å²) in [6.45, 7) is 6.35. The molecular formula is C21H27F2N3O3. The molecule has 0 N–H and O–H groups in total. The maximum atomic E-state index is 14.6. The van der Waals surface area contributed by atoms with Crippen molar-refractivity contribution in [2.75, 3.05) is 32.1 Å². The minimum Gasteiger partial charge on any atom is -0.444 e. The van der Waals surface area contributed by atoms with Crippen molar-refractivity contribution >= 4 is 17.6 Å². The van der Waals surface area contributed by atoms with E-state index in [0.717, 1.165) is 6.08 Å². The molecule has 2 aliphatic rings. The van der Waals surface area contributed by atoms with E-state index in [9.17, 15) is 18.4 Å². The van der Waals surface area contributed by atoms with Gasteiger partial charge in [-0.25, -0.2) is 13.6 Å². The molecule has 0 spiro atoms. The molecule has 2 aliphatic heterocycles. The van der Waals surface area contributed by atoms with E-state index in [1.807, 2.05) is 25.7 Å². The number of piperazine rings is 1. The van der Waals surface area contributed by atoms with Crippen LogP contribution in [0.15, 0.2) is 24.4 Å². The molecule has 0 saturated carbocycles. The number of hydrogen-bond donors (Lipinski definition) is 0. The molecule has 6 nitrogen and oxygen atoms in total. The van der Waals surface area contributed by atoms with Crippen molar-refractivity contribution in [3.05, 3.63) is 41.6 Å². The standard InChI is InChI=1S/C21H27F2N3O3/c1-21(2,3)29-20(28)26-12-14-8-15(26)11-25(14)13-9-16(22)19(17(23)10-13)18(27)6-7-24(4)5/h6-7,9-10,14-15H,8,11-12H2,1-5H3/t14-,15-/m0/s1. The maximum Gasteiger partial charge on any atom is 0.410 e. The highest BCUT2D eigenvalue weighted by atomic mass is 19.1. The minimum atomic E-state index is -0.889. The molecular weight excluding hydrogens is 380 g/mol. The van der Waals surface area contributed by atoms with Crippen LogP contribution in [0.3, 0.4) is 0 Å². The quantitative estimate of drug-likeness (QED) is 0.566. The van der Waals surface area contributed by atoms with Gasteiger partial charge in [-0.3, -0.25) is 4.79 Å². The summed E-state index contributed by atoms with van der Waals surface area (Å²) in [7, 11) is 3.42. The van der Waals surface area contributed by atoms with Gasteiger partial charge in [-0.2, -0.15) is 0 Å². The summed E-state index contributed by atoms with van der Waals surface area (Å²) < 4.78 is 34.5. The van der Waals surface area contributed by atoms with Crippen LogP contribution in [0.25, 0.3) is 0 Å². The smallest absolute Gasteiger partial charge is 0.410 e. The van der Waals surface area contributed by atoms with Gasteiger partial charge in [0.2, 0.25) is 0 Å². The Morgan fingerprint density at radius 3 is 2.24 bits per heavy atom. The van der Waals surface area contributed by atoms with Crippen LogP contribution < -0.4 is 4.90 Å². The van der Waals surface area contributed by atoms with E-state index in [-0.39, 0.29) is 18.2 Å². The van der Waals surface area contributed by atoms with Crippen LogP contribution in [0.5, 0.6) is 0 Å². The van der Waals surface area contributed by atoms with Crippen LogP contribution >= 0.6 is 0 Å². The van der Waals surface area contributed by atoms with Gasteiger partial charge < -0.3 is 19.4 Å². The second-order valence-electron chi connectivity index (χ2n) is 8.76. The number of carbonyl (C=O) groups excluding carboxylic acids is 2. The van der Waals surface area contributed by atoms with E-state index in [4.69, 9.17) is 4.74 Å². The zero-order valence-electron chi connectivity index (χ0n) is 17.4. The predicted molar refractivity (Wildman–Crippen MR) is 106 cm³/mol. The number of carbonyl (C=O) groups is 2. The molecule has 1 aromatic rings. The number of rotatable bonds is 4. The Morgan fingerprint density at radius 1 is 1.14 bits per heavy atom. The molecule has 1 amide bonds. The van der Waals surface area contributed by atoms with E-state index in [2.05, 4.69) is 0 Å². The SMILES string of the molecule is CN(C)C=CC(=O)c1c(F)cc(N2C[C@@H]3C[C@H]2CN3C(=O)OC(C)(C)C)cc1F. The van der Waals surface area contributed by atoms with Gasteiger partial charge in [0.15, 0.2) is 5.78 Å². The summed E-state index contributed by atoms with van der Waals surface area (Å²) >= 11 is 0. The second-order valence-corrected chi connectivity index (χ2v) is 8.76. The number of ketones is 1. The lowest BCUT2D eigenvalue weighted by Crippen LogP contribution is -2.50. The number of amides is 1. The van der Waals surface area contributed by atoms with Crippen LogP contribution in [0.4, 0.5) is 19.3 Å². The molecule has 3 rings (SSSR count). The van der Waals surface area contributed by atoms with Crippen LogP contribution in [0, 0.1) is 11.6 Å². The zero-order chi connectivity index (χ0) is 21.5. The Kier molecular flexibility index (Phi) is 5.56. The number of nitrogens with zero attached hydrogens (tertiary/aromatic N) is 3. The first-order valence-electron chi connectivity index (χ1n) is 9.60. The van der Waals surface area contributed by atoms with Gasteiger partial charge in [0.05, 0.1) is 11.6 Å². The number of likely N-dealkylation sites (tertiary alicyclic amines) is 1. The van der Waals surface area contributed by atoms with Gasteiger partial charge in [-0.1, -0.05) is 0 Å². The maximum absolute atomic E-state index is 14.6. The van der Waals surface area contributed by atoms with Crippen LogP contribution in [-0.4, -0.2) is 66.5 Å². The molecule has 1 aromatic carbocycles. The largest absolute Gasteiger partial charge is 0.444 e. The third-order valence-corrected chi connectivity index (χ3v) is 5.00. The van der Waals surface area contributed by atoms with Gasteiger partial charge in [0, 0.05) is 51.2 Å². The molecule has 0 radical (unpaired) electrons. The normalized spacial score (nSPS) is 21.2. The Labute approximate surface area is 169 Å². The molecule has 2 atom stereocenters. The van der Waals surface area contributed by atoms with Gasteiger partial charge in [-0.15, -0.1) is 0 Å². The van der Waals surface area contributed by atoms with Crippen molar-refractivity contribution in [1.29, 1.82) is 0 Å². The van der Waals surface area contributed by atoms with E-state index < -0.39 is 28.6 Å². The van der Waals surface area contributed by atoms with Gasteiger partial charge >= 0.3 is 6.09 Å². The van der Waals surface area contributed by atoms with E-state index >= 15 is 0 Å². The Balaban J connectivity index is 1.74. The Morgan fingerprint density at radius 2 is 1.76 bits per heavy atom. The van der Waals surface area contributed by atoms with Crippen molar-refractivity contribution in [1.82, 2.24) is 9.80 Å². The predicted octanol–water partition coefficient (Wildman–Crippen LogP) is 3.42. The highest BCUT2D eigenvalue weighted by Gasteiger charge is 2.46. The van der Waals surface area contributed by atoms with Gasteiger partial charge in [0.25, 0.3) is 0 Å². The molecule has 8 heteroatoms. The van der Waals surface area contributed by atoms with E-state index in [1.54, 1.807) is 23.9 Å². The third-order valence-electron chi connectivity index (χ3n) is 5.00. The van der Waals surface area contributed by atoms with Crippen LogP contribution in [0.1, 0.15) is 37.6 Å². The van der Waals surface area contributed by atoms with E-state index in [0.29, 0.717) is 25.2 Å². The first-order valence-corrected chi connectivity index (χ1v) is 9.60. The number of hydrogen-bond acceptors (Lipinski definition) is 5. The fraction of sp³-hybridized carbons (Fsp3) is 0.524. The summed E-state index contributed by atoms with van der Waals surface area (Å²) in [6, 6.07) is 2.28. The highest BCUT2D eigenvalue weighted by molar-refractivity contribution is 6.05. The molecule has 2 saturated heterocycles. The summed E-state index contributed by atoms with van der Waals surface area (Å²) in [5, 5.41) is 0. The van der Waals surface area contributed by atoms with Crippen LogP contribution in [0.2, 0.25) is 0 Å². The Hall–Kier alpha value is -2.64. The average Bonchev–Trinajstić information content (AvgIpc) is 3.18. The summed E-state index contributed by atoms with van der Waals surface area (Å²) in [5.74, 6) is -2.50. The zero-order valence-corrected chi connectivity index (χ0v) is 17.4.